The second kappa shape index (κ2) is 5.21. The fourth-order valence-corrected chi connectivity index (χ4v) is 2.35. The summed E-state index contributed by atoms with van der Waals surface area (Å²) in [6, 6.07) is 0. The molecule has 1 N–H and O–H groups in total. The summed E-state index contributed by atoms with van der Waals surface area (Å²) in [5.74, 6) is -1.80. The van der Waals surface area contributed by atoms with E-state index in [2.05, 4.69) is 15.9 Å². The molecule has 1 aliphatic rings. The van der Waals surface area contributed by atoms with E-state index in [1.165, 1.54) is 0 Å². The number of aliphatic carboxylic acids is 1. The molecular weight excluding hydrogens is 288 g/mol. The lowest BCUT2D eigenvalue weighted by molar-refractivity contribution is -0.140. The summed E-state index contributed by atoms with van der Waals surface area (Å²) in [6.07, 6.45) is 2.41. The summed E-state index contributed by atoms with van der Waals surface area (Å²) >= 11 is 3.14. The number of hydrogen-bond donors (Lipinski definition) is 1. The number of carboxylic acid groups (broad SMARTS) is 1. The van der Waals surface area contributed by atoms with E-state index in [0.29, 0.717) is 11.1 Å². The van der Waals surface area contributed by atoms with Crippen molar-refractivity contribution in [2.75, 3.05) is 6.61 Å². The average molecular weight is 305 g/mol. The van der Waals surface area contributed by atoms with Gasteiger partial charge in [0.25, 0.3) is 0 Å². The molecule has 0 radical (unpaired) electrons. The molecule has 5 heteroatoms. The van der Waals surface area contributed by atoms with Gasteiger partial charge in [0.15, 0.2) is 0 Å². The number of allylic oxidation sites excluding steroid dienone is 1. The van der Waals surface area contributed by atoms with Crippen LogP contribution in [0, 0.1) is 17.3 Å². The van der Waals surface area contributed by atoms with Gasteiger partial charge in [0.2, 0.25) is 0 Å². The van der Waals surface area contributed by atoms with Crippen LogP contribution < -0.4 is 0 Å². The maximum Gasteiger partial charge on any atom is 0.344 e. The van der Waals surface area contributed by atoms with E-state index < -0.39 is 17.9 Å². The summed E-state index contributed by atoms with van der Waals surface area (Å²) in [5, 5.41) is 8.99. The number of esters is 1. The minimum Gasteiger partial charge on any atom is -0.481 e. The molecule has 0 aromatic rings. The van der Waals surface area contributed by atoms with Crippen LogP contribution in [-0.2, 0) is 14.3 Å². The van der Waals surface area contributed by atoms with Crippen molar-refractivity contribution in [2.24, 2.45) is 17.3 Å². The molecule has 1 aliphatic carbocycles. The molecule has 1 rings (SSSR count). The Hall–Kier alpha value is -0.840. The molecule has 1 fully saturated rings. The van der Waals surface area contributed by atoms with Gasteiger partial charge in [-0.05, 0) is 33.7 Å². The molecule has 1 saturated carbocycles. The van der Waals surface area contributed by atoms with E-state index in [9.17, 15) is 9.59 Å². The Morgan fingerprint density at radius 3 is 2.47 bits per heavy atom. The van der Waals surface area contributed by atoms with Crippen LogP contribution in [0.1, 0.15) is 27.2 Å². The summed E-state index contributed by atoms with van der Waals surface area (Å²) in [4.78, 5) is 22.4. The molecule has 0 saturated heterocycles. The highest BCUT2D eigenvalue weighted by Gasteiger charge is 2.61. The van der Waals surface area contributed by atoms with Gasteiger partial charge in [-0.3, -0.25) is 4.79 Å². The number of hydrogen-bond acceptors (Lipinski definition) is 3. The van der Waals surface area contributed by atoms with Crippen LogP contribution in [-0.4, -0.2) is 23.7 Å². The molecule has 0 aromatic heterocycles. The van der Waals surface area contributed by atoms with Crippen molar-refractivity contribution < 1.29 is 19.4 Å². The van der Waals surface area contributed by atoms with Crippen molar-refractivity contribution in [3.8, 4) is 0 Å². The Balaban J connectivity index is 2.65. The van der Waals surface area contributed by atoms with E-state index in [-0.39, 0.29) is 11.3 Å². The van der Waals surface area contributed by atoms with E-state index in [1.54, 1.807) is 6.08 Å². The smallest absolute Gasteiger partial charge is 0.344 e. The standard InChI is InChI=1S/C12H17BrO4/c1-4-5-17-11(16)8(13)6-7-9(10(14)15)12(7,2)3/h6-7,9H,4-5H2,1-3H3,(H,14,15). The molecule has 4 nitrogen and oxygen atoms in total. The van der Waals surface area contributed by atoms with Gasteiger partial charge in [-0.2, -0.15) is 0 Å². The first-order chi connectivity index (χ1) is 7.82. The maximum atomic E-state index is 11.5. The Kier molecular flexibility index (Phi) is 4.36. The number of halogens is 1. The second-order valence-electron chi connectivity index (χ2n) is 4.81. The summed E-state index contributed by atoms with van der Waals surface area (Å²) in [7, 11) is 0. The first kappa shape index (κ1) is 14.2. The molecule has 96 valence electrons. The van der Waals surface area contributed by atoms with Crippen LogP contribution >= 0.6 is 15.9 Å². The van der Waals surface area contributed by atoms with Gasteiger partial charge >= 0.3 is 11.9 Å². The van der Waals surface area contributed by atoms with Crippen LogP contribution in [0.5, 0.6) is 0 Å². The summed E-state index contributed by atoms with van der Waals surface area (Å²) in [5.41, 5.74) is -0.296. The van der Waals surface area contributed by atoms with Gasteiger partial charge in [0, 0.05) is 0 Å². The third-order valence-corrected chi connectivity index (χ3v) is 3.72. The van der Waals surface area contributed by atoms with Crippen LogP contribution in [0.15, 0.2) is 10.6 Å². The second-order valence-corrected chi connectivity index (χ2v) is 5.67. The number of carboxylic acids is 1. The SMILES string of the molecule is CCCOC(=O)C(Br)=CC1C(C(=O)O)C1(C)C. The van der Waals surface area contributed by atoms with Crippen molar-refractivity contribution in [2.45, 2.75) is 27.2 Å². The van der Waals surface area contributed by atoms with Crippen LogP contribution in [0.4, 0.5) is 0 Å². The Morgan fingerprint density at radius 2 is 2.06 bits per heavy atom. The van der Waals surface area contributed by atoms with E-state index in [4.69, 9.17) is 9.84 Å². The van der Waals surface area contributed by atoms with Crippen LogP contribution in [0.3, 0.4) is 0 Å². The van der Waals surface area contributed by atoms with E-state index >= 15 is 0 Å². The number of ether oxygens (including phenoxy) is 1. The molecule has 0 heterocycles. The average Bonchev–Trinajstić information content (AvgIpc) is 2.76. The van der Waals surface area contributed by atoms with Gasteiger partial charge in [-0.15, -0.1) is 0 Å². The molecule has 0 bridgehead atoms. The number of rotatable bonds is 5. The number of carbonyl (C=O) groups is 2. The normalized spacial score (nSPS) is 26.5. The molecular formula is C12H17BrO4. The maximum absolute atomic E-state index is 11.5. The largest absolute Gasteiger partial charge is 0.481 e. The topological polar surface area (TPSA) is 63.6 Å². The highest BCUT2D eigenvalue weighted by molar-refractivity contribution is 9.12. The minimum atomic E-state index is -0.821. The molecule has 0 aliphatic heterocycles. The van der Waals surface area contributed by atoms with Crippen LogP contribution in [0.2, 0.25) is 0 Å². The van der Waals surface area contributed by atoms with Crippen molar-refractivity contribution >= 4 is 27.9 Å². The third kappa shape index (κ3) is 3.09. The Labute approximate surface area is 109 Å². The predicted octanol–water partition coefficient (Wildman–Crippen LogP) is 2.58. The fraction of sp³-hybridized carbons (Fsp3) is 0.667. The van der Waals surface area contributed by atoms with Gasteiger partial charge in [0.05, 0.1) is 17.0 Å². The zero-order valence-corrected chi connectivity index (χ0v) is 11.8. The lowest BCUT2D eigenvalue weighted by Gasteiger charge is -2.02. The predicted molar refractivity (Wildman–Crippen MR) is 66.7 cm³/mol. The van der Waals surface area contributed by atoms with Crippen molar-refractivity contribution in [3.05, 3.63) is 10.6 Å². The zero-order valence-electron chi connectivity index (χ0n) is 10.2. The molecule has 2 unspecified atom stereocenters. The summed E-state index contributed by atoms with van der Waals surface area (Å²) in [6.45, 7) is 6.04. The van der Waals surface area contributed by atoms with Crippen molar-refractivity contribution in [1.82, 2.24) is 0 Å². The Morgan fingerprint density at radius 1 is 1.47 bits per heavy atom. The van der Waals surface area contributed by atoms with Crippen LogP contribution in [0.25, 0.3) is 0 Å². The Bertz CT molecular complexity index is 360. The molecule has 0 amide bonds. The van der Waals surface area contributed by atoms with Crippen molar-refractivity contribution in [3.63, 3.8) is 0 Å². The van der Waals surface area contributed by atoms with Gasteiger partial charge in [-0.25, -0.2) is 4.79 Å². The first-order valence-electron chi connectivity index (χ1n) is 5.59. The molecule has 17 heavy (non-hydrogen) atoms. The highest BCUT2D eigenvalue weighted by atomic mass is 79.9. The van der Waals surface area contributed by atoms with Gasteiger partial charge < -0.3 is 9.84 Å². The van der Waals surface area contributed by atoms with E-state index in [0.717, 1.165) is 6.42 Å². The minimum absolute atomic E-state index is 0.122. The summed E-state index contributed by atoms with van der Waals surface area (Å²) < 4.78 is 5.26. The first-order valence-corrected chi connectivity index (χ1v) is 6.39. The number of carbonyl (C=O) groups excluding carboxylic acids is 1. The zero-order chi connectivity index (χ0) is 13.2. The third-order valence-electron chi connectivity index (χ3n) is 3.13. The molecule has 0 spiro atoms. The quantitative estimate of drug-likeness (QED) is 0.626. The monoisotopic (exact) mass is 304 g/mol. The van der Waals surface area contributed by atoms with Gasteiger partial charge in [-0.1, -0.05) is 26.8 Å². The lowest BCUT2D eigenvalue weighted by Crippen LogP contribution is -2.05. The highest BCUT2D eigenvalue weighted by Crippen LogP contribution is 2.59. The molecule has 0 aromatic carbocycles. The molecule has 2 atom stereocenters. The van der Waals surface area contributed by atoms with Crippen molar-refractivity contribution in [1.29, 1.82) is 0 Å². The lowest BCUT2D eigenvalue weighted by atomic mass is 10.1. The van der Waals surface area contributed by atoms with Gasteiger partial charge in [0.1, 0.15) is 0 Å². The van der Waals surface area contributed by atoms with E-state index in [1.807, 2.05) is 20.8 Å². The fourth-order valence-electron chi connectivity index (χ4n) is 1.95.